The summed E-state index contributed by atoms with van der Waals surface area (Å²) in [6.45, 7) is 5.61. The zero-order valence-corrected chi connectivity index (χ0v) is 21.7. The molecule has 1 atom stereocenters. The van der Waals surface area contributed by atoms with Gasteiger partial charge in [0.1, 0.15) is 18.2 Å². The molecule has 3 rings (SSSR count). The lowest BCUT2D eigenvalue weighted by atomic mass is 10.1. The molecule has 2 aromatic carbocycles. The summed E-state index contributed by atoms with van der Waals surface area (Å²) < 4.78 is 10.7. The monoisotopic (exact) mass is 505 g/mol. The first-order chi connectivity index (χ1) is 17.7. The van der Waals surface area contributed by atoms with Gasteiger partial charge in [-0.3, -0.25) is 14.6 Å². The maximum absolute atomic E-state index is 13.1. The molecule has 37 heavy (non-hydrogen) atoms. The number of rotatable bonds is 11. The molecule has 2 amide bonds. The molecule has 8 heteroatoms. The molecule has 0 saturated heterocycles. The van der Waals surface area contributed by atoms with Crippen LogP contribution in [0.5, 0.6) is 0 Å². The van der Waals surface area contributed by atoms with E-state index >= 15 is 0 Å². The number of fused-ring (bicyclic) bond motifs is 1. The molecule has 196 valence electrons. The predicted octanol–water partition coefficient (Wildman–Crippen LogP) is 5.76. The van der Waals surface area contributed by atoms with Crippen molar-refractivity contribution >= 4 is 34.6 Å². The molecule has 0 saturated carbocycles. The molecule has 0 aliphatic rings. The number of benzene rings is 2. The Morgan fingerprint density at radius 3 is 2.49 bits per heavy atom. The van der Waals surface area contributed by atoms with E-state index < -0.39 is 17.7 Å². The Kier molecular flexibility index (Phi) is 10.0. The molecule has 0 fully saturated rings. The van der Waals surface area contributed by atoms with Crippen molar-refractivity contribution in [3.63, 3.8) is 0 Å². The summed E-state index contributed by atoms with van der Waals surface area (Å²) >= 11 is 0. The lowest BCUT2D eigenvalue weighted by Gasteiger charge is -2.20. The maximum Gasteiger partial charge on any atom is 0.408 e. The Bertz CT molecular complexity index is 1190. The largest absolute Gasteiger partial charge is 0.460 e. The standard InChI is InChI=1S/C29H35N3O5/c1-29(2,3)37-26(33)15-9-5-8-14-25(32-28(35)36-20-21-11-6-4-7-12-21)27(34)31-23-16-17-24-22(19-23)13-10-18-30-24/h4,6-7,10-13,16-19,25H,5,8-9,14-15,20H2,1-3H3,(H,31,34)(H,32,35)/t25-/m0/s1. The average molecular weight is 506 g/mol. The van der Waals surface area contributed by atoms with Gasteiger partial charge in [0.05, 0.1) is 5.52 Å². The van der Waals surface area contributed by atoms with Crippen LogP contribution in [0, 0.1) is 0 Å². The second-order valence-corrected chi connectivity index (χ2v) is 9.84. The number of hydrogen-bond donors (Lipinski definition) is 2. The fourth-order valence-electron chi connectivity index (χ4n) is 3.75. The number of pyridine rings is 1. The number of amides is 2. The minimum atomic E-state index is -0.797. The van der Waals surface area contributed by atoms with E-state index in [1.165, 1.54) is 0 Å². The Labute approximate surface area is 217 Å². The highest BCUT2D eigenvalue weighted by molar-refractivity contribution is 5.98. The van der Waals surface area contributed by atoms with Gasteiger partial charge in [0.15, 0.2) is 0 Å². The molecule has 0 aliphatic carbocycles. The molecule has 3 aromatic rings. The minimum Gasteiger partial charge on any atom is -0.460 e. The zero-order chi connectivity index (χ0) is 26.7. The summed E-state index contributed by atoms with van der Waals surface area (Å²) in [4.78, 5) is 41.8. The number of hydrogen-bond acceptors (Lipinski definition) is 6. The van der Waals surface area contributed by atoms with Crippen molar-refractivity contribution in [3.05, 3.63) is 72.4 Å². The van der Waals surface area contributed by atoms with Gasteiger partial charge in [-0.1, -0.05) is 49.2 Å². The van der Waals surface area contributed by atoms with E-state index in [1.807, 2.05) is 75.4 Å². The summed E-state index contributed by atoms with van der Waals surface area (Å²) in [6, 6.07) is 17.7. The first-order valence-corrected chi connectivity index (χ1v) is 12.5. The second-order valence-electron chi connectivity index (χ2n) is 9.84. The Morgan fingerprint density at radius 2 is 1.73 bits per heavy atom. The van der Waals surface area contributed by atoms with Crippen LogP contribution in [-0.2, 0) is 25.7 Å². The van der Waals surface area contributed by atoms with Crippen LogP contribution in [0.25, 0.3) is 10.9 Å². The molecule has 0 radical (unpaired) electrons. The number of nitrogens with zero attached hydrogens (tertiary/aromatic N) is 1. The smallest absolute Gasteiger partial charge is 0.408 e. The van der Waals surface area contributed by atoms with Crippen molar-refractivity contribution in [2.24, 2.45) is 0 Å². The van der Waals surface area contributed by atoms with E-state index in [4.69, 9.17) is 9.47 Å². The van der Waals surface area contributed by atoms with Crippen molar-refractivity contribution in [1.82, 2.24) is 10.3 Å². The minimum absolute atomic E-state index is 0.106. The number of ether oxygens (including phenoxy) is 2. The molecule has 1 aromatic heterocycles. The Balaban J connectivity index is 1.56. The van der Waals surface area contributed by atoms with Gasteiger partial charge in [0.25, 0.3) is 0 Å². The lowest BCUT2D eigenvalue weighted by molar-refractivity contribution is -0.154. The van der Waals surface area contributed by atoms with Crippen LogP contribution in [0.15, 0.2) is 66.9 Å². The topological polar surface area (TPSA) is 107 Å². The maximum atomic E-state index is 13.1. The highest BCUT2D eigenvalue weighted by Gasteiger charge is 2.22. The summed E-state index contributed by atoms with van der Waals surface area (Å²) in [5.74, 6) is -0.581. The number of aromatic nitrogens is 1. The van der Waals surface area contributed by atoms with Crippen LogP contribution in [0.1, 0.15) is 58.4 Å². The highest BCUT2D eigenvalue weighted by Crippen LogP contribution is 2.18. The SMILES string of the molecule is CC(C)(C)OC(=O)CCCCC[C@H](NC(=O)OCc1ccccc1)C(=O)Nc1ccc2ncccc2c1. The second kappa shape index (κ2) is 13.4. The molecule has 2 N–H and O–H groups in total. The number of anilines is 1. The van der Waals surface area contributed by atoms with E-state index in [9.17, 15) is 14.4 Å². The summed E-state index contributed by atoms with van der Waals surface area (Å²) in [6.07, 6.45) is 3.75. The summed E-state index contributed by atoms with van der Waals surface area (Å²) in [5.41, 5.74) is 1.78. The van der Waals surface area contributed by atoms with Crippen molar-refractivity contribution in [2.45, 2.75) is 71.1 Å². The van der Waals surface area contributed by atoms with E-state index in [2.05, 4.69) is 15.6 Å². The third-order valence-corrected chi connectivity index (χ3v) is 5.49. The highest BCUT2D eigenvalue weighted by atomic mass is 16.6. The molecule has 1 heterocycles. The van der Waals surface area contributed by atoms with Gasteiger partial charge >= 0.3 is 12.1 Å². The zero-order valence-electron chi connectivity index (χ0n) is 21.7. The fourth-order valence-corrected chi connectivity index (χ4v) is 3.75. The van der Waals surface area contributed by atoms with Gasteiger partial charge in [-0.05, 0) is 63.4 Å². The van der Waals surface area contributed by atoms with Gasteiger partial charge in [0.2, 0.25) is 5.91 Å². The van der Waals surface area contributed by atoms with Crippen LogP contribution in [0.4, 0.5) is 10.5 Å². The first-order valence-electron chi connectivity index (χ1n) is 12.5. The quantitative estimate of drug-likeness (QED) is 0.253. The molecule has 0 aliphatic heterocycles. The van der Waals surface area contributed by atoms with Crippen molar-refractivity contribution < 1.29 is 23.9 Å². The number of nitrogens with one attached hydrogen (secondary N) is 2. The number of carbonyl (C=O) groups is 3. The van der Waals surface area contributed by atoms with Crippen LogP contribution in [0.2, 0.25) is 0 Å². The number of alkyl carbamates (subject to hydrolysis) is 1. The molecule has 0 bridgehead atoms. The molecular formula is C29H35N3O5. The van der Waals surface area contributed by atoms with Crippen molar-refractivity contribution in [1.29, 1.82) is 0 Å². The van der Waals surface area contributed by atoms with E-state index in [-0.39, 0.29) is 18.5 Å². The summed E-state index contributed by atoms with van der Waals surface area (Å²) in [5, 5.41) is 6.48. The van der Waals surface area contributed by atoms with Crippen LogP contribution >= 0.6 is 0 Å². The van der Waals surface area contributed by atoms with E-state index in [1.54, 1.807) is 12.3 Å². The lowest BCUT2D eigenvalue weighted by Crippen LogP contribution is -2.44. The fraction of sp³-hybridized carbons (Fsp3) is 0.379. The Morgan fingerprint density at radius 1 is 0.946 bits per heavy atom. The molecule has 8 nitrogen and oxygen atoms in total. The third-order valence-electron chi connectivity index (χ3n) is 5.49. The van der Waals surface area contributed by atoms with Crippen LogP contribution < -0.4 is 10.6 Å². The van der Waals surface area contributed by atoms with Gasteiger partial charge in [0, 0.05) is 23.7 Å². The summed E-state index contributed by atoms with van der Waals surface area (Å²) in [7, 11) is 0. The normalized spacial score (nSPS) is 12.0. The van der Waals surface area contributed by atoms with Crippen molar-refractivity contribution in [2.75, 3.05) is 5.32 Å². The molecule has 0 unspecified atom stereocenters. The van der Waals surface area contributed by atoms with E-state index in [0.717, 1.165) is 16.5 Å². The third kappa shape index (κ3) is 9.91. The molecular weight excluding hydrogens is 470 g/mol. The number of carbonyl (C=O) groups excluding carboxylic acids is 3. The number of unbranched alkanes of at least 4 members (excludes halogenated alkanes) is 2. The van der Waals surface area contributed by atoms with Crippen LogP contribution in [0.3, 0.4) is 0 Å². The predicted molar refractivity (Wildman–Crippen MR) is 143 cm³/mol. The molecule has 0 spiro atoms. The first kappa shape index (κ1) is 27.6. The van der Waals surface area contributed by atoms with Crippen molar-refractivity contribution in [3.8, 4) is 0 Å². The van der Waals surface area contributed by atoms with E-state index in [0.29, 0.717) is 37.8 Å². The van der Waals surface area contributed by atoms with Gasteiger partial charge < -0.3 is 20.1 Å². The van der Waals surface area contributed by atoms with Gasteiger partial charge in [-0.15, -0.1) is 0 Å². The van der Waals surface area contributed by atoms with Crippen LogP contribution in [-0.4, -0.2) is 34.6 Å². The number of esters is 1. The Hall–Kier alpha value is -3.94. The van der Waals surface area contributed by atoms with Gasteiger partial charge in [-0.2, -0.15) is 0 Å². The average Bonchev–Trinajstić information content (AvgIpc) is 2.86. The van der Waals surface area contributed by atoms with Gasteiger partial charge in [-0.25, -0.2) is 4.79 Å².